The summed E-state index contributed by atoms with van der Waals surface area (Å²) in [6.07, 6.45) is 5.87. The molecule has 1 rings (SSSR count). The van der Waals surface area contributed by atoms with E-state index in [2.05, 4.69) is 0 Å². The third kappa shape index (κ3) is 4.64. The molecule has 2 N–H and O–H groups in total. The van der Waals surface area contributed by atoms with Crippen LogP contribution in [0.3, 0.4) is 0 Å². The molecule has 1 fully saturated rings. The Morgan fingerprint density at radius 3 is 2.88 bits per heavy atom. The molecule has 1 amide bonds. The van der Waals surface area contributed by atoms with Gasteiger partial charge in [-0.25, -0.2) is 0 Å². The highest BCUT2D eigenvalue weighted by atomic mass is 16.5. The number of carbonyl (C=O) groups excluding carboxylic acids is 1. The Kier molecular flexibility index (Phi) is 6.52. The van der Waals surface area contributed by atoms with Crippen molar-refractivity contribution in [3.8, 4) is 0 Å². The number of nitrogens with zero attached hydrogens (tertiary/aromatic N) is 1. The molecule has 0 bridgehead atoms. The van der Waals surface area contributed by atoms with E-state index in [4.69, 9.17) is 10.5 Å². The van der Waals surface area contributed by atoms with Crippen LogP contribution in [0.2, 0.25) is 0 Å². The Balaban J connectivity index is 2.36. The normalized spacial score (nSPS) is 22.5. The van der Waals surface area contributed by atoms with Crippen molar-refractivity contribution in [2.45, 2.75) is 57.5 Å². The molecule has 0 radical (unpaired) electrons. The number of nitrogens with two attached hydrogens (primary N) is 1. The molecule has 2 atom stereocenters. The van der Waals surface area contributed by atoms with Gasteiger partial charge in [0.25, 0.3) is 0 Å². The van der Waals surface area contributed by atoms with Crippen molar-refractivity contribution in [2.24, 2.45) is 5.73 Å². The summed E-state index contributed by atoms with van der Waals surface area (Å²) < 4.78 is 4.98. The lowest BCUT2D eigenvalue weighted by atomic mass is 9.96. The molecule has 0 aliphatic carbocycles. The number of rotatable bonds is 6. The van der Waals surface area contributed by atoms with Crippen LogP contribution in [-0.4, -0.2) is 43.2 Å². The Bertz CT molecular complexity index is 231. The first-order chi connectivity index (χ1) is 8.16. The van der Waals surface area contributed by atoms with Gasteiger partial charge in [-0.15, -0.1) is 0 Å². The first-order valence-corrected chi connectivity index (χ1v) is 6.70. The number of hydrogen-bond acceptors (Lipinski definition) is 3. The molecule has 100 valence electrons. The van der Waals surface area contributed by atoms with E-state index in [-0.39, 0.29) is 18.0 Å². The first-order valence-electron chi connectivity index (χ1n) is 6.70. The largest absolute Gasteiger partial charge is 0.385 e. The maximum Gasteiger partial charge on any atom is 0.222 e. The van der Waals surface area contributed by atoms with Gasteiger partial charge >= 0.3 is 0 Å². The van der Waals surface area contributed by atoms with E-state index in [9.17, 15) is 4.79 Å². The zero-order valence-electron chi connectivity index (χ0n) is 11.2. The lowest BCUT2D eigenvalue weighted by molar-refractivity contribution is -0.135. The van der Waals surface area contributed by atoms with Crippen LogP contribution in [0.15, 0.2) is 0 Å². The monoisotopic (exact) mass is 242 g/mol. The molecule has 0 aromatic heterocycles. The van der Waals surface area contributed by atoms with Crippen molar-refractivity contribution in [1.82, 2.24) is 4.90 Å². The average molecular weight is 242 g/mol. The summed E-state index contributed by atoms with van der Waals surface area (Å²) in [5, 5.41) is 0. The van der Waals surface area contributed by atoms with Crippen LogP contribution in [0.4, 0.5) is 0 Å². The van der Waals surface area contributed by atoms with E-state index in [1.165, 1.54) is 6.42 Å². The Morgan fingerprint density at radius 2 is 2.24 bits per heavy atom. The van der Waals surface area contributed by atoms with Crippen molar-refractivity contribution in [2.75, 3.05) is 20.3 Å². The summed E-state index contributed by atoms with van der Waals surface area (Å²) in [5.41, 5.74) is 5.96. The number of unbranched alkanes of at least 4 members (excludes halogenated alkanes) is 1. The van der Waals surface area contributed by atoms with Crippen LogP contribution in [0.5, 0.6) is 0 Å². The summed E-state index contributed by atoms with van der Waals surface area (Å²) in [6.45, 7) is 3.63. The van der Waals surface area contributed by atoms with Crippen molar-refractivity contribution >= 4 is 5.91 Å². The molecule has 17 heavy (non-hydrogen) atoms. The van der Waals surface area contributed by atoms with Crippen molar-refractivity contribution in [3.63, 3.8) is 0 Å². The molecule has 0 aromatic carbocycles. The highest BCUT2D eigenvalue weighted by molar-refractivity contribution is 5.76. The van der Waals surface area contributed by atoms with Gasteiger partial charge in [-0.3, -0.25) is 4.79 Å². The van der Waals surface area contributed by atoms with Crippen LogP contribution >= 0.6 is 0 Å². The summed E-state index contributed by atoms with van der Waals surface area (Å²) in [6, 6.07) is 0.330. The minimum Gasteiger partial charge on any atom is -0.385 e. The molecule has 0 spiro atoms. The van der Waals surface area contributed by atoms with E-state index >= 15 is 0 Å². The van der Waals surface area contributed by atoms with Crippen molar-refractivity contribution in [1.29, 1.82) is 0 Å². The molecule has 0 saturated carbocycles. The molecule has 1 aliphatic rings. The fourth-order valence-corrected chi connectivity index (χ4v) is 2.48. The third-order valence-corrected chi connectivity index (χ3v) is 3.47. The van der Waals surface area contributed by atoms with Crippen LogP contribution < -0.4 is 5.73 Å². The van der Waals surface area contributed by atoms with Crippen LogP contribution in [-0.2, 0) is 9.53 Å². The molecule has 4 nitrogen and oxygen atoms in total. The topological polar surface area (TPSA) is 55.6 Å². The Hall–Kier alpha value is -0.610. The van der Waals surface area contributed by atoms with E-state index in [0.717, 1.165) is 38.8 Å². The third-order valence-electron chi connectivity index (χ3n) is 3.47. The van der Waals surface area contributed by atoms with E-state index in [1.54, 1.807) is 7.11 Å². The van der Waals surface area contributed by atoms with Gasteiger partial charge in [0, 0.05) is 38.8 Å². The molecule has 1 aliphatic heterocycles. The highest BCUT2D eigenvalue weighted by Crippen LogP contribution is 2.20. The molecule has 2 unspecified atom stereocenters. The molecular formula is C13H26N2O2. The van der Waals surface area contributed by atoms with Gasteiger partial charge in [0.2, 0.25) is 5.91 Å². The molecule has 4 heteroatoms. The average Bonchev–Trinajstić information content (AvgIpc) is 2.34. The smallest absolute Gasteiger partial charge is 0.222 e. The van der Waals surface area contributed by atoms with E-state index in [0.29, 0.717) is 6.42 Å². The predicted molar refractivity (Wildman–Crippen MR) is 68.7 cm³/mol. The number of ether oxygens (including phenoxy) is 1. The van der Waals surface area contributed by atoms with Gasteiger partial charge in [-0.1, -0.05) is 0 Å². The first kappa shape index (κ1) is 14.5. The zero-order chi connectivity index (χ0) is 12.7. The summed E-state index contributed by atoms with van der Waals surface area (Å²) >= 11 is 0. The van der Waals surface area contributed by atoms with Crippen molar-refractivity contribution < 1.29 is 9.53 Å². The summed E-state index contributed by atoms with van der Waals surface area (Å²) in [4.78, 5) is 14.1. The minimum atomic E-state index is 0.0817. The maximum atomic E-state index is 12.1. The van der Waals surface area contributed by atoms with Crippen molar-refractivity contribution in [3.05, 3.63) is 0 Å². The van der Waals surface area contributed by atoms with Crippen LogP contribution in [0.1, 0.15) is 45.4 Å². The summed E-state index contributed by atoms with van der Waals surface area (Å²) in [5.74, 6) is 0.267. The fourth-order valence-electron chi connectivity index (χ4n) is 2.48. The standard InChI is InChI=1S/C13H26N2O2/c1-11(14)12-7-3-5-9-15(12)13(16)8-4-6-10-17-2/h11-12H,3-10,14H2,1-2H3. The SMILES string of the molecule is COCCCCC(=O)N1CCCCC1C(C)N. The number of likely N-dealkylation sites (tertiary alicyclic amines) is 1. The Morgan fingerprint density at radius 1 is 1.47 bits per heavy atom. The van der Waals surface area contributed by atoms with E-state index < -0.39 is 0 Å². The second-order valence-electron chi connectivity index (χ2n) is 4.96. The van der Waals surface area contributed by atoms with Gasteiger partial charge in [0.05, 0.1) is 0 Å². The second-order valence-corrected chi connectivity index (χ2v) is 4.96. The van der Waals surface area contributed by atoms with Gasteiger partial charge in [-0.2, -0.15) is 0 Å². The van der Waals surface area contributed by atoms with E-state index in [1.807, 2.05) is 11.8 Å². The minimum absolute atomic E-state index is 0.0817. The quantitative estimate of drug-likeness (QED) is 0.719. The van der Waals surface area contributed by atoms with Gasteiger partial charge in [0.1, 0.15) is 0 Å². The lowest BCUT2D eigenvalue weighted by Crippen LogP contribution is -2.51. The fraction of sp³-hybridized carbons (Fsp3) is 0.923. The highest BCUT2D eigenvalue weighted by Gasteiger charge is 2.28. The van der Waals surface area contributed by atoms with Gasteiger partial charge < -0.3 is 15.4 Å². The lowest BCUT2D eigenvalue weighted by Gasteiger charge is -2.38. The molecular weight excluding hydrogens is 216 g/mol. The zero-order valence-corrected chi connectivity index (χ0v) is 11.2. The predicted octanol–water partition coefficient (Wildman–Crippen LogP) is 1.53. The molecule has 0 aromatic rings. The number of amides is 1. The molecule has 1 saturated heterocycles. The number of methoxy groups -OCH3 is 1. The molecule has 1 heterocycles. The van der Waals surface area contributed by atoms with Gasteiger partial charge in [-0.05, 0) is 39.0 Å². The van der Waals surface area contributed by atoms with Gasteiger partial charge in [0.15, 0.2) is 0 Å². The number of carbonyl (C=O) groups is 1. The van der Waals surface area contributed by atoms with Crippen LogP contribution in [0, 0.1) is 0 Å². The number of hydrogen-bond donors (Lipinski definition) is 1. The van der Waals surface area contributed by atoms with Crippen LogP contribution in [0.25, 0.3) is 0 Å². The Labute approximate surface area is 104 Å². The maximum absolute atomic E-state index is 12.1. The second kappa shape index (κ2) is 7.67. The summed E-state index contributed by atoms with van der Waals surface area (Å²) in [7, 11) is 1.69. The number of piperidine rings is 1.